The van der Waals surface area contributed by atoms with Gasteiger partial charge in [0.2, 0.25) is 11.8 Å². The summed E-state index contributed by atoms with van der Waals surface area (Å²) in [4.78, 5) is 0. The Morgan fingerprint density at radius 1 is 0.462 bits per heavy atom. The van der Waals surface area contributed by atoms with Crippen LogP contribution in [0.3, 0.4) is 0 Å². The van der Waals surface area contributed by atoms with Gasteiger partial charge in [0.15, 0.2) is 7.14 Å². The molecule has 0 N–H and O–H groups in total. The van der Waals surface area contributed by atoms with E-state index in [2.05, 4.69) is 28.4 Å². The maximum Gasteiger partial charge on any atom is 0.248 e. The summed E-state index contributed by atoms with van der Waals surface area (Å²) in [7, 11) is -3.17. The molecule has 6 aromatic carbocycles. The van der Waals surface area contributed by atoms with Gasteiger partial charge in [-0.25, -0.2) is 0 Å². The zero-order valence-corrected chi connectivity index (χ0v) is 21.8. The third-order valence-electron chi connectivity index (χ3n) is 7.16. The molecule has 0 aliphatic rings. The van der Waals surface area contributed by atoms with E-state index in [-0.39, 0.29) is 0 Å². The van der Waals surface area contributed by atoms with Crippen LogP contribution < -0.4 is 15.9 Å². The molecule has 0 atom stereocenters. The standard InChI is InChI=1S/C34H23N2O2P/c37-39(25-14-3-1-4-15-25,26-16-5-2-6-17-26)32-23-22-31(28-19-9-10-20-29(28)32)34-36-35-33(38-34)30-21-11-13-24-12-7-8-18-27(24)30/h1-23H. The highest BCUT2D eigenvalue weighted by molar-refractivity contribution is 7.85. The van der Waals surface area contributed by atoms with Crippen molar-refractivity contribution in [3.05, 3.63) is 140 Å². The van der Waals surface area contributed by atoms with Crippen molar-refractivity contribution in [2.45, 2.75) is 0 Å². The molecule has 7 aromatic rings. The van der Waals surface area contributed by atoms with Crippen molar-refractivity contribution in [2.75, 3.05) is 0 Å². The fourth-order valence-corrected chi connectivity index (χ4v) is 8.16. The lowest BCUT2D eigenvalue weighted by molar-refractivity contribution is 0.585. The van der Waals surface area contributed by atoms with E-state index in [1.54, 1.807) is 0 Å². The van der Waals surface area contributed by atoms with Gasteiger partial charge in [0.05, 0.1) is 0 Å². The molecular weight excluding hydrogens is 499 g/mol. The molecular formula is C34H23N2O2P. The molecule has 7 rings (SSSR count). The lowest BCUT2D eigenvalue weighted by atomic mass is 10.0. The topological polar surface area (TPSA) is 56.0 Å². The molecule has 186 valence electrons. The first-order chi connectivity index (χ1) is 19.2. The fraction of sp³-hybridized carbons (Fsp3) is 0. The predicted octanol–water partition coefficient (Wildman–Crippen LogP) is 7.35. The van der Waals surface area contributed by atoms with Gasteiger partial charge in [0, 0.05) is 27.0 Å². The van der Waals surface area contributed by atoms with Gasteiger partial charge in [-0.2, -0.15) is 0 Å². The summed E-state index contributed by atoms with van der Waals surface area (Å²) in [6.07, 6.45) is 0. The van der Waals surface area contributed by atoms with Gasteiger partial charge in [0.25, 0.3) is 0 Å². The Bertz CT molecular complexity index is 1950. The minimum absolute atomic E-state index is 0.426. The van der Waals surface area contributed by atoms with Crippen LogP contribution in [0, 0.1) is 0 Å². The summed E-state index contributed by atoms with van der Waals surface area (Å²) in [5.74, 6) is 0.893. The average molecular weight is 523 g/mol. The minimum Gasteiger partial charge on any atom is -0.416 e. The molecule has 0 saturated carbocycles. The predicted molar refractivity (Wildman–Crippen MR) is 160 cm³/mol. The van der Waals surface area contributed by atoms with Gasteiger partial charge in [0.1, 0.15) is 0 Å². The molecule has 0 bridgehead atoms. The average Bonchev–Trinajstić information content (AvgIpc) is 3.51. The normalized spacial score (nSPS) is 11.7. The molecule has 0 fully saturated rings. The van der Waals surface area contributed by atoms with Gasteiger partial charge < -0.3 is 8.98 Å². The van der Waals surface area contributed by atoms with Gasteiger partial charge >= 0.3 is 0 Å². The second-order valence-electron chi connectivity index (χ2n) is 9.40. The Morgan fingerprint density at radius 2 is 0.974 bits per heavy atom. The zero-order chi connectivity index (χ0) is 26.2. The number of fused-ring (bicyclic) bond motifs is 2. The maximum atomic E-state index is 15.1. The third-order valence-corrected chi connectivity index (χ3v) is 10.3. The third kappa shape index (κ3) is 3.89. The van der Waals surface area contributed by atoms with E-state index in [9.17, 15) is 0 Å². The smallest absolute Gasteiger partial charge is 0.248 e. The summed E-state index contributed by atoms with van der Waals surface area (Å²) in [5, 5.41) is 15.2. The number of nitrogens with zero attached hydrogens (tertiary/aromatic N) is 2. The fourth-order valence-electron chi connectivity index (χ4n) is 5.30. The molecule has 0 radical (unpaired) electrons. The molecule has 0 saturated heterocycles. The van der Waals surface area contributed by atoms with E-state index in [1.807, 2.05) is 121 Å². The van der Waals surface area contributed by atoms with Gasteiger partial charge in [-0.15, -0.1) is 10.2 Å². The van der Waals surface area contributed by atoms with Gasteiger partial charge in [-0.3, -0.25) is 0 Å². The summed E-state index contributed by atoms with van der Waals surface area (Å²) < 4.78 is 21.4. The first-order valence-electron chi connectivity index (χ1n) is 12.8. The lowest BCUT2D eigenvalue weighted by Crippen LogP contribution is -2.25. The van der Waals surface area contributed by atoms with Crippen LogP contribution in [0.2, 0.25) is 0 Å². The van der Waals surface area contributed by atoms with Crippen LogP contribution >= 0.6 is 7.14 Å². The van der Waals surface area contributed by atoms with E-state index >= 15 is 4.57 Å². The highest BCUT2D eigenvalue weighted by Crippen LogP contribution is 2.45. The van der Waals surface area contributed by atoms with Crippen LogP contribution in [0.4, 0.5) is 0 Å². The maximum absolute atomic E-state index is 15.1. The van der Waals surface area contributed by atoms with E-state index in [4.69, 9.17) is 4.42 Å². The number of hydrogen-bond acceptors (Lipinski definition) is 4. The van der Waals surface area contributed by atoms with Crippen molar-refractivity contribution in [1.82, 2.24) is 10.2 Å². The first kappa shape index (κ1) is 23.3. The van der Waals surface area contributed by atoms with E-state index in [0.29, 0.717) is 11.8 Å². The Hall–Kier alpha value is -4.79. The van der Waals surface area contributed by atoms with Crippen molar-refractivity contribution in [1.29, 1.82) is 0 Å². The van der Waals surface area contributed by atoms with Crippen LogP contribution in [0.5, 0.6) is 0 Å². The Balaban J connectivity index is 1.42. The first-order valence-corrected chi connectivity index (χ1v) is 14.5. The van der Waals surface area contributed by atoms with Crippen LogP contribution in [0.1, 0.15) is 0 Å². The number of rotatable bonds is 5. The summed E-state index contributed by atoms with van der Waals surface area (Å²) in [6.45, 7) is 0. The molecule has 1 aromatic heterocycles. The second kappa shape index (κ2) is 9.50. The molecule has 0 unspecified atom stereocenters. The second-order valence-corrected chi connectivity index (χ2v) is 12.1. The summed E-state index contributed by atoms with van der Waals surface area (Å²) in [6, 6.07) is 45.6. The zero-order valence-electron chi connectivity index (χ0n) is 20.9. The lowest BCUT2D eigenvalue weighted by Gasteiger charge is -2.22. The molecule has 0 aliphatic carbocycles. The Kier molecular flexibility index (Phi) is 5.69. The highest BCUT2D eigenvalue weighted by Gasteiger charge is 2.32. The monoisotopic (exact) mass is 522 g/mol. The largest absolute Gasteiger partial charge is 0.416 e. The SMILES string of the molecule is O=P(c1ccccc1)(c1ccccc1)c1ccc(-c2nnc(-c3cccc4ccccc34)o2)c2ccccc12. The molecule has 4 nitrogen and oxygen atoms in total. The summed E-state index contributed by atoms with van der Waals surface area (Å²) >= 11 is 0. The van der Waals surface area contributed by atoms with Crippen molar-refractivity contribution in [3.8, 4) is 22.9 Å². The molecule has 0 aliphatic heterocycles. The molecule has 39 heavy (non-hydrogen) atoms. The number of hydrogen-bond donors (Lipinski definition) is 0. The number of benzene rings is 6. The Labute approximate surface area is 226 Å². The van der Waals surface area contributed by atoms with Crippen molar-refractivity contribution >= 4 is 44.6 Å². The van der Waals surface area contributed by atoms with Gasteiger partial charge in [-0.05, 0) is 39.7 Å². The summed E-state index contributed by atoms with van der Waals surface area (Å²) in [5.41, 5.74) is 1.70. The van der Waals surface area contributed by atoms with Crippen molar-refractivity contribution < 1.29 is 8.98 Å². The molecule has 0 spiro atoms. The van der Waals surface area contributed by atoms with E-state index in [0.717, 1.165) is 48.6 Å². The minimum atomic E-state index is -3.17. The van der Waals surface area contributed by atoms with Crippen LogP contribution in [-0.2, 0) is 4.57 Å². The quantitative estimate of drug-likeness (QED) is 0.222. The van der Waals surface area contributed by atoms with Gasteiger partial charge in [-0.1, -0.05) is 121 Å². The van der Waals surface area contributed by atoms with Crippen LogP contribution in [-0.4, -0.2) is 10.2 Å². The van der Waals surface area contributed by atoms with Crippen molar-refractivity contribution in [3.63, 3.8) is 0 Å². The molecule has 0 amide bonds. The van der Waals surface area contributed by atoms with E-state index in [1.165, 1.54) is 0 Å². The Morgan fingerprint density at radius 3 is 1.64 bits per heavy atom. The van der Waals surface area contributed by atoms with E-state index < -0.39 is 7.14 Å². The van der Waals surface area contributed by atoms with Crippen LogP contribution in [0.25, 0.3) is 44.5 Å². The van der Waals surface area contributed by atoms with Crippen LogP contribution in [0.15, 0.2) is 144 Å². The highest BCUT2D eigenvalue weighted by atomic mass is 31.2. The molecule has 1 heterocycles. The molecule has 5 heteroatoms. The van der Waals surface area contributed by atoms with Crippen molar-refractivity contribution in [2.24, 2.45) is 0 Å². The number of aromatic nitrogens is 2.